The predicted octanol–water partition coefficient (Wildman–Crippen LogP) is 5.36. The van der Waals surface area contributed by atoms with Crippen LogP contribution in [-0.4, -0.2) is 98.2 Å². The summed E-state index contributed by atoms with van der Waals surface area (Å²) in [5.74, 6) is -0.0340. The molecule has 7 rings (SSSR count). The van der Waals surface area contributed by atoms with Gasteiger partial charge in [0.15, 0.2) is 0 Å². The zero-order valence-electron chi connectivity index (χ0n) is 29.0. The van der Waals surface area contributed by atoms with Gasteiger partial charge < -0.3 is 18.9 Å². The second kappa shape index (κ2) is 15.1. The lowest BCUT2D eigenvalue weighted by atomic mass is 9.94. The molecule has 3 fully saturated rings. The van der Waals surface area contributed by atoms with Crippen molar-refractivity contribution in [1.82, 2.24) is 29.2 Å². The number of hydrogen-bond donors (Lipinski definition) is 0. The summed E-state index contributed by atoms with van der Waals surface area (Å²) >= 11 is 6.49. The number of piperidine rings is 1. The van der Waals surface area contributed by atoms with Gasteiger partial charge in [-0.05, 0) is 99.1 Å². The Hall–Kier alpha value is -3.96. The topological polar surface area (TPSA) is 110 Å². The quantitative estimate of drug-likeness (QED) is 0.316. The first-order valence-corrected chi connectivity index (χ1v) is 18.5. The number of likely N-dealkylation sites (tertiary alicyclic amines) is 1. The molecular weight excluding hydrogens is 656 g/mol. The predicted molar refractivity (Wildman–Crippen MR) is 188 cm³/mol. The fraction of sp³-hybridized carbons (Fsp3) is 0.553. The molecule has 0 spiro atoms. The average Bonchev–Trinajstić information content (AvgIpc) is 3.45. The van der Waals surface area contributed by atoms with Crippen molar-refractivity contribution in [2.75, 3.05) is 32.7 Å². The fourth-order valence-electron chi connectivity index (χ4n) is 8.43. The number of aryl methyl sites for hydroxylation is 3. The normalized spacial score (nSPS) is 25.6. The van der Waals surface area contributed by atoms with Crippen LogP contribution >= 0.6 is 11.6 Å². The molecule has 0 unspecified atom stereocenters. The SMILES string of the molecule is CC(=O)OC1CCC(OC(=O)N2CCN([C@H]3c4ccc(Cl)cc4CCc4cccnc43)C[C@@H]2C(=O)N2CCC[C@@H](Cn3cnc(C)c3)C2)CC1. The maximum Gasteiger partial charge on any atom is 0.410 e. The molecule has 0 bridgehead atoms. The van der Waals surface area contributed by atoms with E-state index in [9.17, 15) is 14.4 Å². The van der Waals surface area contributed by atoms with Crippen LogP contribution in [0.15, 0.2) is 49.1 Å². The maximum atomic E-state index is 14.7. The van der Waals surface area contributed by atoms with E-state index in [0.717, 1.165) is 49.2 Å². The Morgan fingerprint density at radius 2 is 1.70 bits per heavy atom. The number of pyridine rings is 1. The van der Waals surface area contributed by atoms with Crippen molar-refractivity contribution >= 4 is 29.6 Å². The highest BCUT2D eigenvalue weighted by molar-refractivity contribution is 6.30. The number of hydrogen-bond acceptors (Lipinski definition) is 8. The molecule has 50 heavy (non-hydrogen) atoms. The summed E-state index contributed by atoms with van der Waals surface area (Å²) in [6.45, 7) is 6.76. The van der Waals surface area contributed by atoms with Crippen LogP contribution in [0.4, 0.5) is 4.79 Å². The summed E-state index contributed by atoms with van der Waals surface area (Å²) < 4.78 is 13.6. The lowest BCUT2D eigenvalue weighted by Gasteiger charge is -2.46. The van der Waals surface area contributed by atoms with E-state index in [4.69, 9.17) is 26.1 Å². The number of ether oxygens (including phenoxy) is 2. The molecular formula is C38H47ClN6O5. The lowest BCUT2D eigenvalue weighted by Crippen LogP contribution is -2.62. The van der Waals surface area contributed by atoms with Crippen LogP contribution in [0.25, 0.3) is 0 Å². The number of imidazole rings is 1. The number of aromatic nitrogens is 3. The van der Waals surface area contributed by atoms with Crippen LogP contribution < -0.4 is 0 Å². The molecule has 3 atom stereocenters. The van der Waals surface area contributed by atoms with Gasteiger partial charge in [-0.2, -0.15) is 0 Å². The summed E-state index contributed by atoms with van der Waals surface area (Å²) in [5, 5.41) is 0.703. The van der Waals surface area contributed by atoms with E-state index in [1.165, 1.54) is 18.1 Å². The Balaban J connectivity index is 1.14. The third-order valence-electron chi connectivity index (χ3n) is 10.8. The second-order valence-corrected chi connectivity index (χ2v) is 14.8. The molecule has 2 aliphatic carbocycles. The van der Waals surface area contributed by atoms with E-state index in [-0.39, 0.29) is 30.1 Å². The maximum absolute atomic E-state index is 14.7. The standard InChI is InChI=1S/C38H47ClN6O5/c1-25-20-42(24-41-25)21-27-5-4-16-44(22-27)37(47)34-23-43(17-18-45(34)38(48)50-32-12-10-31(11-13-32)49-26(2)46)36-33-14-9-30(39)19-29(33)8-7-28-6-3-15-40-35(28)36/h3,6,9,14-15,19-20,24,27,31-32,34,36H,4-5,7-8,10-13,16-18,21-23H2,1-2H3/t27-,31?,32?,34+,36-/m0/s1. The molecule has 1 saturated carbocycles. The number of esters is 1. The average molecular weight is 703 g/mol. The van der Waals surface area contributed by atoms with Crippen LogP contribution in [0.2, 0.25) is 5.02 Å². The number of carbonyl (C=O) groups is 3. The summed E-state index contributed by atoms with van der Waals surface area (Å²) in [6.07, 6.45) is 11.0. The molecule has 2 aliphatic heterocycles. The summed E-state index contributed by atoms with van der Waals surface area (Å²) in [7, 11) is 0. The number of benzene rings is 1. The molecule has 2 aromatic heterocycles. The van der Waals surface area contributed by atoms with Gasteiger partial charge in [-0.15, -0.1) is 0 Å². The van der Waals surface area contributed by atoms with E-state index < -0.39 is 12.1 Å². The highest BCUT2D eigenvalue weighted by Gasteiger charge is 2.43. The van der Waals surface area contributed by atoms with E-state index in [1.807, 2.05) is 42.7 Å². The van der Waals surface area contributed by atoms with Crippen molar-refractivity contribution in [3.63, 3.8) is 0 Å². The van der Waals surface area contributed by atoms with Crippen molar-refractivity contribution in [1.29, 1.82) is 0 Å². The van der Waals surface area contributed by atoms with Gasteiger partial charge in [0.2, 0.25) is 5.91 Å². The largest absolute Gasteiger partial charge is 0.463 e. The van der Waals surface area contributed by atoms with E-state index in [0.29, 0.717) is 69.3 Å². The molecule has 2 saturated heterocycles. The van der Waals surface area contributed by atoms with Crippen LogP contribution in [-0.2, 0) is 38.4 Å². The van der Waals surface area contributed by atoms with Crippen molar-refractivity contribution < 1.29 is 23.9 Å². The van der Waals surface area contributed by atoms with Gasteiger partial charge in [0.05, 0.1) is 23.8 Å². The first-order chi connectivity index (χ1) is 24.2. The van der Waals surface area contributed by atoms with E-state index in [2.05, 4.69) is 32.7 Å². The number of halogens is 1. The number of fused-ring (bicyclic) bond motifs is 2. The Kier molecular flexibility index (Phi) is 10.4. The number of rotatable bonds is 6. The molecule has 0 N–H and O–H groups in total. The third kappa shape index (κ3) is 7.68. The first kappa shape index (κ1) is 34.5. The smallest absolute Gasteiger partial charge is 0.410 e. The number of nitrogens with zero attached hydrogens (tertiary/aromatic N) is 6. The molecule has 3 aromatic rings. The molecule has 1 aromatic carbocycles. The number of piperazine rings is 1. The Morgan fingerprint density at radius 1 is 0.920 bits per heavy atom. The van der Waals surface area contributed by atoms with Crippen molar-refractivity contribution in [2.24, 2.45) is 5.92 Å². The molecule has 11 nitrogen and oxygen atoms in total. The Morgan fingerprint density at radius 3 is 2.46 bits per heavy atom. The van der Waals surface area contributed by atoms with E-state index >= 15 is 0 Å². The third-order valence-corrected chi connectivity index (χ3v) is 11.1. The zero-order chi connectivity index (χ0) is 34.8. The minimum atomic E-state index is -0.714. The summed E-state index contributed by atoms with van der Waals surface area (Å²) in [4.78, 5) is 55.4. The van der Waals surface area contributed by atoms with E-state index in [1.54, 1.807) is 4.90 Å². The van der Waals surface area contributed by atoms with Crippen LogP contribution in [0.3, 0.4) is 0 Å². The van der Waals surface area contributed by atoms with Gasteiger partial charge in [0.25, 0.3) is 0 Å². The van der Waals surface area contributed by atoms with Crippen LogP contribution in [0, 0.1) is 12.8 Å². The Labute approximate surface area is 298 Å². The minimum Gasteiger partial charge on any atom is -0.463 e. The fourth-order valence-corrected chi connectivity index (χ4v) is 8.62. The van der Waals surface area contributed by atoms with Gasteiger partial charge >= 0.3 is 12.1 Å². The summed E-state index contributed by atoms with van der Waals surface area (Å²) in [5.41, 5.74) is 5.49. The lowest BCUT2D eigenvalue weighted by molar-refractivity contribution is -0.148. The van der Waals surface area contributed by atoms with Crippen LogP contribution in [0.5, 0.6) is 0 Å². The minimum absolute atomic E-state index is 0.0390. The monoisotopic (exact) mass is 702 g/mol. The van der Waals surface area contributed by atoms with Gasteiger partial charge in [-0.3, -0.25) is 24.4 Å². The molecule has 4 heterocycles. The highest BCUT2D eigenvalue weighted by atomic mass is 35.5. The zero-order valence-corrected chi connectivity index (χ0v) is 29.8. The highest BCUT2D eigenvalue weighted by Crippen LogP contribution is 2.38. The summed E-state index contributed by atoms with van der Waals surface area (Å²) in [6, 6.07) is 9.32. The molecule has 0 radical (unpaired) electrons. The van der Waals surface area contributed by atoms with Gasteiger partial charge in [0, 0.05) is 63.6 Å². The molecule has 12 heteroatoms. The number of amides is 2. The van der Waals surface area contributed by atoms with Crippen LogP contribution in [0.1, 0.15) is 79.6 Å². The molecule has 4 aliphatic rings. The van der Waals surface area contributed by atoms with Gasteiger partial charge in [-0.25, -0.2) is 9.78 Å². The van der Waals surface area contributed by atoms with Crippen molar-refractivity contribution in [3.05, 3.63) is 82.2 Å². The molecule has 2 amide bonds. The first-order valence-electron chi connectivity index (χ1n) is 18.1. The van der Waals surface area contributed by atoms with Crippen molar-refractivity contribution in [2.45, 2.75) is 96.1 Å². The van der Waals surface area contributed by atoms with Gasteiger partial charge in [0.1, 0.15) is 18.2 Å². The van der Waals surface area contributed by atoms with Gasteiger partial charge in [-0.1, -0.05) is 23.7 Å². The second-order valence-electron chi connectivity index (χ2n) is 14.4. The molecule has 266 valence electrons. The number of carbonyl (C=O) groups excluding carboxylic acids is 3. The van der Waals surface area contributed by atoms with Crippen molar-refractivity contribution in [3.8, 4) is 0 Å². The Bertz CT molecular complexity index is 1710.